The number of unbranched alkanes of at least 4 members (excludes halogenated alkanes) is 1. The van der Waals surface area contributed by atoms with E-state index in [0.717, 1.165) is 18.4 Å². The average Bonchev–Trinajstić information content (AvgIpc) is 2.36. The number of hydrogen-bond acceptors (Lipinski definition) is 3. The summed E-state index contributed by atoms with van der Waals surface area (Å²) in [6, 6.07) is 5.72. The molecule has 0 aliphatic rings. The van der Waals surface area contributed by atoms with E-state index < -0.39 is 18.0 Å². The second-order valence-corrected chi connectivity index (χ2v) is 4.44. The Kier molecular flexibility index (Phi) is 5.85. The van der Waals surface area contributed by atoms with Crippen LogP contribution in [-0.2, 0) is 4.79 Å². The van der Waals surface area contributed by atoms with Crippen LogP contribution in [0, 0.1) is 6.92 Å². The molecule has 0 bridgehead atoms. The van der Waals surface area contributed by atoms with Gasteiger partial charge < -0.3 is 15.8 Å². The predicted molar refractivity (Wildman–Crippen MR) is 72.8 cm³/mol. The maximum Gasteiger partial charge on any atom is 0.334 e. The summed E-state index contributed by atoms with van der Waals surface area (Å²) in [5, 5.41) is 2.41. The van der Waals surface area contributed by atoms with Crippen molar-refractivity contribution in [3.8, 4) is 5.75 Å². The molecular weight excluding hydrogens is 244 g/mol. The number of benzene rings is 1. The van der Waals surface area contributed by atoms with Gasteiger partial charge in [-0.25, -0.2) is 9.59 Å². The molecule has 1 unspecified atom stereocenters. The highest BCUT2D eigenvalue weighted by atomic mass is 16.5. The monoisotopic (exact) mass is 264 g/mol. The minimum Gasteiger partial charge on any atom is -0.425 e. The normalized spacial score (nSPS) is 11.7. The minimum atomic E-state index is -0.720. The Hall–Kier alpha value is -2.04. The summed E-state index contributed by atoms with van der Waals surface area (Å²) in [4.78, 5) is 22.8. The number of amides is 2. The average molecular weight is 264 g/mol. The highest BCUT2D eigenvalue weighted by Gasteiger charge is 2.21. The lowest BCUT2D eigenvalue weighted by Crippen LogP contribution is -2.45. The Bertz CT molecular complexity index is 429. The number of carbonyl (C=O) groups is 2. The van der Waals surface area contributed by atoms with Crippen molar-refractivity contribution < 1.29 is 14.3 Å². The molecule has 3 N–H and O–H groups in total. The quantitative estimate of drug-likeness (QED) is 0.610. The third kappa shape index (κ3) is 5.42. The summed E-state index contributed by atoms with van der Waals surface area (Å²) in [5.41, 5.74) is 6.14. The van der Waals surface area contributed by atoms with Gasteiger partial charge in [0, 0.05) is 0 Å². The van der Waals surface area contributed by atoms with E-state index in [0.29, 0.717) is 12.2 Å². The van der Waals surface area contributed by atoms with Gasteiger partial charge in [0.25, 0.3) is 0 Å². The molecule has 5 heteroatoms. The van der Waals surface area contributed by atoms with Crippen LogP contribution in [0.3, 0.4) is 0 Å². The molecule has 0 spiro atoms. The van der Waals surface area contributed by atoms with Gasteiger partial charge in [0.15, 0.2) is 0 Å². The number of carbonyl (C=O) groups excluding carboxylic acids is 2. The molecule has 0 saturated heterocycles. The zero-order valence-electron chi connectivity index (χ0n) is 11.3. The van der Waals surface area contributed by atoms with Crippen molar-refractivity contribution in [3.63, 3.8) is 0 Å². The van der Waals surface area contributed by atoms with Crippen molar-refractivity contribution in [2.75, 3.05) is 0 Å². The topological polar surface area (TPSA) is 81.4 Å². The van der Waals surface area contributed by atoms with Gasteiger partial charge in [-0.15, -0.1) is 0 Å². The number of nitrogens with one attached hydrogen (secondary N) is 1. The molecule has 1 atom stereocenters. The fraction of sp³-hybridized carbons (Fsp3) is 0.429. The van der Waals surface area contributed by atoms with Crippen molar-refractivity contribution in [1.82, 2.24) is 5.32 Å². The first-order valence-electron chi connectivity index (χ1n) is 6.37. The maximum absolute atomic E-state index is 11.9. The fourth-order valence-corrected chi connectivity index (χ4v) is 1.62. The molecule has 0 fully saturated rings. The molecule has 0 aliphatic carbocycles. The van der Waals surface area contributed by atoms with Crippen LogP contribution in [0.5, 0.6) is 5.75 Å². The summed E-state index contributed by atoms with van der Waals surface area (Å²) >= 11 is 0. The Morgan fingerprint density at radius 1 is 1.32 bits per heavy atom. The SMILES string of the molecule is CCCCC(NC(N)=O)C(=O)Oc1ccc(C)cc1. The first-order chi connectivity index (χ1) is 9.02. The smallest absolute Gasteiger partial charge is 0.334 e. The molecule has 0 heterocycles. The van der Waals surface area contributed by atoms with Gasteiger partial charge in [0.05, 0.1) is 0 Å². The lowest BCUT2D eigenvalue weighted by Gasteiger charge is -2.15. The largest absolute Gasteiger partial charge is 0.425 e. The van der Waals surface area contributed by atoms with E-state index in [1.165, 1.54) is 0 Å². The van der Waals surface area contributed by atoms with E-state index >= 15 is 0 Å². The van der Waals surface area contributed by atoms with E-state index in [9.17, 15) is 9.59 Å². The molecule has 5 nitrogen and oxygen atoms in total. The van der Waals surface area contributed by atoms with Crippen molar-refractivity contribution in [3.05, 3.63) is 29.8 Å². The Morgan fingerprint density at radius 2 is 1.95 bits per heavy atom. The number of esters is 1. The van der Waals surface area contributed by atoms with Crippen LogP contribution in [0.25, 0.3) is 0 Å². The summed E-state index contributed by atoms with van der Waals surface area (Å²) in [7, 11) is 0. The number of aryl methyl sites for hydroxylation is 1. The van der Waals surface area contributed by atoms with Crippen LogP contribution < -0.4 is 15.8 Å². The number of urea groups is 1. The summed E-state index contributed by atoms with van der Waals surface area (Å²) in [5.74, 6) is -0.0283. The van der Waals surface area contributed by atoms with Crippen molar-refractivity contribution in [2.45, 2.75) is 39.2 Å². The van der Waals surface area contributed by atoms with Crippen molar-refractivity contribution in [1.29, 1.82) is 0 Å². The van der Waals surface area contributed by atoms with Crippen LogP contribution in [0.2, 0.25) is 0 Å². The van der Waals surface area contributed by atoms with Gasteiger partial charge >= 0.3 is 12.0 Å². The zero-order valence-corrected chi connectivity index (χ0v) is 11.3. The number of primary amides is 1. The Balaban J connectivity index is 2.64. The molecule has 0 saturated carbocycles. The van der Waals surface area contributed by atoms with Crippen LogP contribution >= 0.6 is 0 Å². The van der Waals surface area contributed by atoms with Crippen LogP contribution in [-0.4, -0.2) is 18.0 Å². The van der Waals surface area contributed by atoms with Crippen molar-refractivity contribution >= 4 is 12.0 Å². The minimum absolute atomic E-state index is 0.461. The molecule has 0 aliphatic heterocycles. The summed E-state index contributed by atoms with van der Waals surface area (Å²) in [6.45, 7) is 3.96. The van der Waals surface area contributed by atoms with Crippen LogP contribution in [0.15, 0.2) is 24.3 Å². The number of nitrogens with two attached hydrogens (primary N) is 1. The standard InChI is InChI=1S/C14H20N2O3/c1-3-4-5-12(16-14(15)18)13(17)19-11-8-6-10(2)7-9-11/h6-9,12H,3-5H2,1-2H3,(H3,15,16,18). The molecule has 0 aromatic heterocycles. The summed E-state index contributed by atoms with van der Waals surface area (Å²) < 4.78 is 5.22. The molecule has 1 aromatic carbocycles. The van der Waals surface area contributed by atoms with Gasteiger partial charge in [-0.3, -0.25) is 0 Å². The molecule has 19 heavy (non-hydrogen) atoms. The van der Waals surface area contributed by atoms with Crippen molar-refractivity contribution in [2.24, 2.45) is 5.73 Å². The molecule has 104 valence electrons. The molecule has 2 amide bonds. The first-order valence-corrected chi connectivity index (χ1v) is 6.37. The van der Waals surface area contributed by atoms with Gasteiger partial charge in [0.2, 0.25) is 0 Å². The Labute approximate surface area is 113 Å². The number of rotatable bonds is 6. The Morgan fingerprint density at radius 3 is 2.47 bits per heavy atom. The predicted octanol–water partition coefficient (Wildman–Crippen LogP) is 2.13. The second-order valence-electron chi connectivity index (χ2n) is 4.44. The number of ether oxygens (including phenoxy) is 1. The third-order valence-corrected chi connectivity index (χ3v) is 2.69. The molecule has 0 radical (unpaired) electrons. The molecule has 1 aromatic rings. The summed E-state index contributed by atoms with van der Waals surface area (Å²) in [6.07, 6.45) is 2.26. The number of hydrogen-bond donors (Lipinski definition) is 2. The fourth-order valence-electron chi connectivity index (χ4n) is 1.62. The molecular formula is C14H20N2O3. The van der Waals surface area contributed by atoms with Gasteiger partial charge in [0.1, 0.15) is 11.8 Å². The molecule has 1 rings (SSSR count). The first kappa shape index (κ1) is 15.0. The van der Waals surface area contributed by atoms with Crippen LogP contribution in [0.4, 0.5) is 4.79 Å². The second kappa shape index (κ2) is 7.41. The van der Waals surface area contributed by atoms with E-state index in [-0.39, 0.29) is 0 Å². The van der Waals surface area contributed by atoms with Crippen LogP contribution in [0.1, 0.15) is 31.7 Å². The highest BCUT2D eigenvalue weighted by Crippen LogP contribution is 2.13. The zero-order chi connectivity index (χ0) is 14.3. The van der Waals surface area contributed by atoms with Gasteiger partial charge in [-0.2, -0.15) is 0 Å². The highest BCUT2D eigenvalue weighted by molar-refractivity contribution is 5.84. The van der Waals surface area contributed by atoms with E-state index in [4.69, 9.17) is 10.5 Å². The lowest BCUT2D eigenvalue weighted by atomic mass is 10.1. The third-order valence-electron chi connectivity index (χ3n) is 2.69. The lowest BCUT2D eigenvalue weighted by molar-refractivity contribution is -0.136. The van der Waals surface area contributed by atoms with Gasteiger partial charge in [-0.1, -0.05) is 37.5 Å². The van der Waals surface area contributed by atoms with E-state index in [2.05, 4.69) is 5.32 Å². The van der Waals surface area contributed by atoms with E-state index in [1.54, 1.807) is 12.1 Å². The van der Waals surface area contributed by atoms with Gasteiger partial charge in [-0.05, 0) is 25.5 Å². The maximum atomic E-state index is 11.9. The van der Waals surface area contributed by atoms with E-state index in [1.807, 2.05) is 26.0 Å².